The van der Waals surface area contributed by atoms with E-state index in [0.29, 0.717) is 35.6 Å². The number of furan rings is 1. The Morgan fingerprint density at radius 2 is 2.29 bits per heavy atom. The van der Waals surface area contributed by atoms with Gasteiger partial charge < -0.3 is 19.5 Å². The molecule has 1 atom stereocenters. The molecule has 1 fully saturated rings. The zero-order valence-electron chi connectivity index (χ0n) is 13.5. The van der Waals surface area contributed by atoms with Gasteiger partial charge in [0.2, 0.25) is 5.91 Å². The number of aryl methyl sites for hydroxylation is 1. The molecule has 3 heterocycles. The lowest BCUT2D eigenvalue weighted by Crippen LogP contribution is -2.28. The minimum Gasteiger partial charge on any atom is -0.459 e. The molecule has 0 aliphatic carbocycles. The molecule has 1 saturated heterocycles. The average Bonchev–Trinajstić information content (AvgIpc) is 3.21. The van der Waals surface area contributed by atoms with Crippen LogP contribution in [0.4, 0.5) is 0 Å². The average molecular weight is 376 g/mol. The predicted octanol–water partition coefficient (Wildman–Crippen LogP) is 2.74. The maximum Gasteiger partial charge on any atom is 0.263 e. The van der Waals surface area contributed by atoms with Gasteiger partial charge in [-0.05, 0) is 50.9 Å². The fraction of sp³-hybridized carbons (Fsp3) is 0.500. The van der Waals surface area contributed by atoms with Crippen molar-refractivity contribution in [2.45, 2.75) is 26.2 Å². The van der Waals surface area contributed by atoms with Gasteiger partial charge >= 0.3 is 0 Å². The number of halogens is 2. The zero-order valence-corrected chi connectivity index (χ0v) is 15.2. The first-order valence-corrected chi connectivity index (χ1v) is 7.70. The molecular weight excluding hydrogens is 353 g/mol. The first kappa shape index (κ1) is 20.5. The van der Waals surface area contributed by atoms with E-state index in [1.54, 1.807) is 18.4 Å². The van der Waals surface area contributed by atoms with Crippen LogP contribution in [0.2, 0.25) is 0 Å². The first-order valence-electron chi connectivity index (χ1n) is 7.70. The van der Waals surface area contributed by atoms with Crippen LogP contribution in [0, 0.1) is 12.8 Å². The summed E-state index contributed by atoms with van der Waals surface area (Å²) in [6.07, 6.45) is 4.02. The molecule has 24 heavy (non-hydrogen) atoms. The highest BCUT2D eigenvalue weighted by Gasteiger charge is 2.17. The number of nitrogens with zero attached hydrogens (tertiary/aromatic N) is 1. The van der Waals surface area contributed by atoms with Crippen molar-refractivity contribution in [2.75, 3.05) is 19.6 Å². The van der Waals surface area contributed by atoms with Crippen LogP contribution in [0.3, 0.4) is 0 Å². The summed E-state index contributed by atoms with van der Waals surface area (Å²) in [5.74, 6) is 2.31. The maximum absolute atomic E-state index is 12.0. The summed E-state index contributed by atoms with van der Waals surface area (Å²) in [4.78, 5) is 16.3. The lowest BCUT2D eigenvalue weighted by Gasteiger charge is -2.08. The monoisotopic (exact) mass is 375 g/mol. The Bertz CT molecular complexity index is 623. The van der Waals surface area contributed by atoms with Crippen LogP contribution in [0.1, 0.15) is 24.3 Å². The number of hydrogen-bond donors (Lipinski definition) is 2. The normalized spacial score (nSPS) is 16.3. The number of carbonyl (C=O) groups is 1. The molecule has 8 heteroatoms. The Morgan fingerprint density at radius 3 is 2.96 bits per heavy atom. The minimum absolute atomic E-state index is 0. The molecule has 2 aromatic heterocycles. The fourth-order valence-electron chi connectivity index (χ4n) is 2.69. The topological polar surface area (TPSA) is 80.3 Å². The zero-order chi connectivity index (χ0) is 15.4. The third-order valence-electron chi connectivity index (χ3n) is 3.99. The number of oxazole rings is 1. The Balaban J connectivity index is 0.00000144. The van der Waals surface area contributed by atoms with Crippen molar-refractivity contribution in [3.05, 3.63) is 29.9 Å². The summed E-state index contributed by atoms with van der Waals surface area (Å²) >= 11 is 0. The molecule has 134 valence electrons. The van der Waals surface area contributed by atoms with E-state index in [0.717, 1.165) is 19.5 Å². The molecule has 0 bridgehead atoms. The second kappa shape index (κ2) is 9.71. The number of hydrogen-bond acceptors (Lipinski definition) is 5. The van der Waals surface area contributed by atoms with Crippen LogP contribution in [-0.4, -0.2) is 30.5 Å². The Morgan fingerprint density at radius 1 is 1.46 bits per heavy atom. The Hall–Kier alpha value is -1.50. The van der Waals surface area contributed by atoms with Crippen LogP contribution in [0.5, 0.6) is 0 Å². The largest absolute Gasteiger partial charge is 0.459 e. The predicted molar refractivity (Wildman–Crippen MR) is 95.7 cm³/mol. The smallest absolute Gasteiger partial charge is 0.263 e. The van der Waals surface area contributed by atoms with Crippen LogP contribution < -0.4 is 10.6 Å². The van der Waals surface area contributed by atoms with Crippen molar-refractivity contribution in [3.8, 4) is 11.7 Å². The highest BCUT2D eigenvalue weighted by atomic mass is 35.5. The summed E-state index contributed by atoms with van der Waals surface area (Å²) in [5, 5.41) is 6.29. The number of aromatic nitrogens is 1. The van der Waals surface area contributed by atoms with Crippen molar-refractivity contribution < 1.29 is 13.6 Å². The van der Waals surface area contributed by atoms with Crippen molar-refractivity contribution in [3.63, 3.8) is 0 Å². The molecule has 0 aromatic carbocycles. The van der Waals surface area contributed by atoms with E-state index in [9.17, 15) is 4.79 Å². The highest BCUT2D eigenvalue weighted by molar-refractivity contribution is 5.85. The Kier molecular flexibility index (Phi) is 8.31. The number of carbonyl (C=O) groups excluding carboxylic acids is 1. The molecule has 0 spiro atoms. The van der Waals surface area contributed by atoms with Gasteiger partial charge in [-0.25, -0.2) is 4.98 Å². The summed E-state index contributed by atoms with van der Waals surface area (Å²) in [6, 6.07) is 3.56. The number of amides is 1. The van der Waals surface area contributed by atoms with Crippen molar-refractivity contribution in [2.24, 2.45) is 5.92 Å². The van der Waals surface area contributed by atoms with E-state index in [2.05, 4.69) is 15.6 Å². The minimum atomic E-state index is -0.0200. The van der Waals surface area contributed by atoms with Gasteiger partial charge in [-0.2, -0.15) is 0 Å². The molecule has 2 N–H and O–H groups in total. The van der Waals surface area contributed by atoms with Gasteiger partial charge in [0.25, 0.3) is 5.89 Å². The highest BCUT2D eigenvalue weighted by Crippen LogP contribution is 2.22. The van der Waals surface area contributed by atoms with Crippen molar-refractivity contribution in [1.82, 2.24) is 15.6 Å². The van der Waals surface area contributed by atoms with Gasteiger partial charge in [-0.1, -0.05) is 0 Å². The van der Waals surface area contributed by atoms with Gasteiger partial charge in [0.15, 0.2) is 5.76 Å². The molecule has 1 unspecified atom stereocenters. The summed E-state index contributed by atoms with van der Waals surface area (Å²) < 4.78 is 10.8. The summed E-state index contributed by atoms with van der Waals surface area (Å²) in [7, 11) is 0. The molecule has 1 aliphatic rings. The lowest BCUT2D eigenvalue weighted by molar-refractivity contribution is -0.120. The van der Waals surface area contributed by atoms with Crippen molar-refractivity contribution >= 4 is 30.7 Å². The van der Waals surface area contributed by atoms with E-state index in [1.165, 1.54) is 6.42 Å². The molecule has 2 aromatic rings. The summed E-state index contributed by atoms with van der Waals surface area (Å²) in [6.45, 7) is 4.68. The van der Waals surface area contributed by atoms with Crippen molar-refractivity contribution in [1.29, 1.82) is 0 Å². The summed E-state index contributed by atoms with van der Waals surface area (Å²) in [5.41, 5.74) is 0.659. The molecule has 0 radical (unpaired) electrons. The van der Waals surface area contributed by atoms with Gasteiger partial charge in [-0.15, -0.1) is 24.8 Å². The maximum atomic E-state index is 12.0. The van der Waals surface area contributed by atoms with Gasteiger partial charge in [0.1, 0.15) is 5.76 Å². The second-order valence-electron chi connectivity index (χ2n) is 5.67. The van der Waals surface area contributed by atoms with E-state index < -0.39 is 0 Å². The molecule has 1 amide bonds. The third-order valence-corrected chi connectivity index (χ3v) is 3.99. The Labute approximate surface area is 153 Å². The van der Waals surface area contributed by atoms with Crippen LogP contribution in [-0.2, 0) is 11.2 Å². The molecule has 0 saturated carbocycles. The van der Waals surface area contributed by atoms with Crippen LogP contribution in [0.15, 0.2) is 27.2 Å². The molecule has 6 nitrogen and oxygen atoms in total. The van der Waals surface area contributed by atoms with E-state index >= 15 is 0 Å². The molecule has 1 aliphatic heterocycles. The van der Waals surface area contributed by atoms with Crippen LogP contribution >= 0.6 is 24.8 Å². The molecule has 3 rings (SSSR count). The van der Waals surface area contributed by atoms with Gasteiger partial charge in [0, 0.05) is 6.54 Å². The van der Waals surface area contributed by atoms with Gasteiger partial charge in [-0.3, -0.25) is 4.79 Å². The second-order valence-corrected chi connectivity index (χ2v) is 5.67. The molecular formula is C16H23Cl2N3O3. The standard InChI is InChI=1S/C16H21N3O3.2ClH/c1-11-13(19-16(22-11)14-3-2-8-21-14)9-15(20)18-7-5-12-4-6-17-10-12;;/h2-3,8,12,17H,4-7,9-10H2,1H3,(H,18,20);2*1H. The lowest BCUT2D eigenvalue weighted by atomic mass is 10.1. The van der Waals surface area contributed by atoms with Crippen LogP contribution in [0.25, 0.3) is 11.7 Å². The fourth-order valence-corrected chi connectivity index (χ4v) is 2.69. The third kappa shape index (κ3) is 5.26. The van der Waals surface area contributed by atoms with Gasteiger partial charge in [0.05, 0.1) is 18.4 Å². The quantitative estimate of drug-likeness (QED) is 0.811. The number of rotatable bonds is 6. The SMILES string of the molecule is Cc1oc(-c2ccco2)nc1CC(=O)NCCC1CCNC1.Cl.Cl. The van der Waals surface area contributed by atoms with E-state index in [4.69, 9.17) is 8.83 Å². The van der Waals surface area contributed by atoms with E-state index in [1.807, 2.05) is 6.92 Å². The van der Waals surface area contributed by atoms with E-state index in [-0.39, 0.29) is 37.1 Å². The first-order chi connectivity index (χ1) is 10.7. The number of nitrogens with one attached hydrogen (secondary N) is 2.